The molecular formula is C46H53BrF2N8O10S2. The maximum Gasteiger partial charge on any atom is 0.414 e. The number of Topliss-reactive ketones (excluding diaryl/α,β-unsaturated/α-hetero) is 2. The van der Waals surface area contributed by atoms with Crippen LogP contribution in [0.1, 0.15) is 100.0 Å². The van der Waals surface area contributed by atoms with Crippen molar-refractivity contribution in [1.29, 1.82) is 0 Å². The maximum absolute atomic E-state index is 15.0. The average molecular weight is 1060 g/mol. The number of nitrogens with zero attached hydrogens (tertiary/aromatic N) is 6. The number of alkyl carbamates (subject to hydrolysis) is 2. The topological polar surface area (TPSA) is 236 Å². The van der Waals surface area contributed by atoms with E-state index in [1.54, 1.807) is 53.7 Å². The molecule has 69 heavy (non-hydrogen) atoms. The van der Waals surface area contributed by atoms with E-state index in [2.05, 4.69) is 46.5 Å². The first-order valence-electron chi connectivity index (χ1n) is 21.5. The number of amides is 2. The predicted octanol–water partition coefficient (Wildman–Crippen LogP) is 6.80. The highest BCUT2D eigenvalue weighted by Gasteiger charge is 2.45. The molecule has 2 amide bonds. The Morgan fingerprint density at radius 1 is 0.710 bits per heavy atom. The summed E-state index contributed by atoms with van der Waals surface area (Å²) in [6, 6.07) is 14.3. The third kappa shape index (κ3) is 14.0. The lowest BCUT2D eigenvalue weighted by Gasteiger charge is -2.36. The van der Waals surface area contributed by atoms with Crippen LogP contribution in [0.4, 0.5) is 18.4 Å². The number of hydrogen-bond donors (Lipinski definition) is 2. The molecule has 0 fully saturated rings. The fraction of sp³-hybridized carbons (Fsp3) is 0.391. The van der Waals surface area contributed by atoms with E-state index in [9.17, 15) is 44.8 Å². The van der Waals surface area contributed by atoms with Crippen molar-refractivity contribution in [2.24, 2.45) is 9.98 Å². The number of aromatic nitrogens is 2. The van der Waals surface area contributed by atoms with Crippen molar-refractivity contribution >= 4 is 71.6 Å². The molecule has 0 bridgehead atoms. The molecule has 0 unspecified atom stereocenters. The summed E-state index contributed by atoms with van der Waals surface area (Å²) in [5.41, 5.74) is -3.60. The van der Waals surface area contributed by atoms with Crippen LogP contribution in [-0.4, -0.2) is 108 Å². The Labute approximate surface area is 409 Å². The van der Waals surface area contributed by atoms with Gasteiger partial charge in [0.25, 0.3) is 0 Å². The van der Waals surface area contributed by atoms with Gasteiger partial charge in [-0.15, -0.1) is 0 Å². The number of sulfonamides is 2. The zero-order valence-electron chi connectivity index (χ0n) is 40.5. The summed E-state index contributed by atoms with van der Waals surface area (Å²) in [4.78, 5) is 66.6. The van der Waals surface area contributed by atoms with Gasteiger partial charge in [-0.3, -0.25) is 30.2 Å². The fourth-order valence-electron chi connectivity index (χ4n) is 6.89. The lowest BCUT2D eigenvalue weighted by atomic mass is 9.91. The third-order valence-corrected chi connectivity index (χ3v) is 14.5. The number of guanidine groups is 2. The standard InChI is InChI=1S/C23H26BrFN4O5S.C23H27FN4O5S/c1-22(2,3)34-21(31)27-20-28-23(4,13-35(32,33)29(20)5)16-10-14(6-8-17(16)25)11-19(30)18-9-7-15(24)12-26-18;1-22(2,3)33-21(30)26-20-27-23(4,14-34(31,32)28(20)5)16-12-15(9-10-17(16)24)13-19(29)18-8-6-7-11-25-18/h6-10,12H,11,13H2,1-5H3,(H,27,28,31);6-12H,13-14H2,1-5H3,(H,26,27,30)/t2*23-/m00/s1/i;7D. The molecule has 18 nitrogen and oxygen atoms in total. The van der Waals surface area contributed by atoms with E-state index >= 15 is 0 Å². The maximum atomic E-state index is 15.0. The van der Waals surface area contributed by atoms with Gasteiger partial charge in [-0.05, 0) is 131 Å². The van der Waals surface area contributed by atoms with Crippen molar-refractivity contribution < 1.29 is 55.6 Å². The van der Waals surface area contributed by atoms with Crippen LogP contribution in [0.15, 0.2) is 93.6 Å². The summed E-state index contributed by atoms with van der Waals surface area (Å²) in [7, 11) is -5.49. The van der Waals surface area contributed by atoms with Crippen LogP contribution in [0.2, 0.25) is 0 Å². The molecule has 370 valence electrons. The first-order chi connectivity index (χ1) is 32.2. The first-order valence-corrected chi connectivity index (χ1v) is 25.0. The molecule has 2 aliphatic heterocycles. The molecular weight excluding hydrogens is 1010 g/mol. The van der Waals surface area contributed by atoms with Crippen LogP contribution in [0.5, 0.6) is 0 Å². The predicted molar refractivity (Wildman–Crippen MR) is 256 cm³/mol. The Morgan fingerprint density at radius 2 is 1.13 bits per heavy atom. The highest BCUT2D eigenvalue weighted by molar-refractivity contribution is 9.10. The van der Waals surface area contributed by atoms with Gasteiger partial charge in [0.2, 0.25) is 32.0 Å². The van der Waals surface area contributed by atoms with Crippen molar-refractivity contribution in [1.82, 2.24) is 29.2 Å². The first kappa shape index (κ1) is 52.2. The van der Waals surface area contributed by atoms with Gasteiger partial charge in [0.1, 0.15) is 45.3 Å². The van der Waals surface area contributed by atoms with E-state index in [1.807, 2.05) is 0 Å². The summed E-state index contributed by atoms with van der Waals surface area (Å²) in [5.74, 6) is -3.74. The second kappa shape index (κ2) is 20.4. The molecule has 0 saturated carbocycles. The van der Waals surface area contributed by atoms with Gasteiger partial charge >= 0.3 is 12.2 Å². The Kier molecular flexibility index (Phi) is 15.4. The SMILES string of the molecule is CN1C(NC(=O)OC(C)(C)C)=N[C@](C)(c2cc(CC(=O)c3ccc(Br)cn3)ccc2F)CS1(=O)=O.[2H]c1ccc(C(=O)Cc2ccc(F)c([C@]3(C)CS(=O)(=O)N(C)C(NC(=O)OC(C)(C)C)=N3)c2)nc1. The van der Waals surface area contributed by atoms with Crippen LogP contribution in [-0.2, 0) is 53.4 Å². The molecule has 2 atom stereocenters. The quantitative estimate of drug-likeness (QED) is 0.174. The van der Waals surface area contributed by atoms with Crippen molar-refractivity contribution in [2.75, 3.05) is 25.6 Å². The van der Waals surface area contributed by atoms with Crippen molar-refractivity contribution in [3.05, 3.63) is 129 Å². The fourth-order valence-corrected chi connectivity index (χ4v) is 10.1. The van der Waals surface area contributed by atoms with Crippen LogP contribution in [0.3, 0.4) is 0 Å². The molecule has 0 saturated heterocycles. The number of nitrogens with one attached hydrogen (secondary N) is 2. The molecule has 2 aromatic heterocycles. The molecule has 4 aromatic rings. The molecule has 2 aromatic carbocycles. The van der Waals surface area contributed by atoms with Gasteiger partial charge in [0.05, 0.1) is 12.9 Å². The monoisotopic (exact) mass is 1060 g/mol. The van der Waals surface area contributed by atoms with E-state index in [4.69, 9.17) is 10.8 Å². The van der Waals surface area contributed by atoms with Crippen LogP contribution in [0.25, 0.3) is 0 Å². The van der Waals surface area contributed by atoms with Gasteiger partial charge < -0.3 is 9.47 Å². The van der Waals surface area contributed by atoms with E-state index in [0.29, 0.717) is 11.1 Å². The molecule has 2 aliphatic rings. The van der Waals surface area contributed by atoms with E-state index < -0.39 is 77.7 Å². The van der Waals surface area contributed by atoms with E-state index in [0.717, 1.165) is 19.1 Å². The molecule has 23 heteroatoms. The van der Waals surface area contributed by atoms with E-state index in [1.165, 1.54) is 82.8 Å². The highest BCUT2D eigenvalue weighted by Crippen LogP contribution is 2.36. The summed E-state index contributed by atoms with van der Waals surface area (Å²) < 4.78 is 102. The van der Waals surface area contributed by atoms with Crippen LogP contribution >= 0.6 is 15.9 Å². The number of rotatable bonds is 8. The normalized spacial score (nSPS) is 19.9. The van der Waals surface area contributed by atoms with Gasteiger partial charge in [0.15, 0.2) is 11.6 Å². The molecule has 6 rings (SSSR count). The molecule has 0 spiro atoms. The van der Waals surface area contributed by atoms with Crippen LogP contribution < -0.4 is 10.6 Å². The highest BCUT2D eigenvalue weighted by atomic mass is 79.9. The second-order valence-corrected chi connectivity index (χ2v) is 23.4. The number of carbonyl (C=O) groups excluding carboxylic acids is 4. The van der Waals surface area contributed by atoms with Crippen molar-refractivity contribution in [3.63, 3.8) is 0 Å². The molecule has 2 N–H and O–H groups in total. The molecule has 0 radical (unpaired) electrons. The van der Waals surface area contributed by atoms with Crippen LogP contribution in [0, 0.1) is 11.6 Å². The largest absolute Gasteiger partial charge is 0.444 e. The zero-order chi connectivity index (χ0) is 52.4. The van der Waals surface area contributed by atoms with Gasteiger partial charge in [-0.1, -0.05) is 18.2 Å². The number of pyridine rings is 2. The Balaban J connectivity index is 0.000000261. The van der Waals surface area contributed by atoms with Gasteiger partial charge in [-0.25, -0.2) is 53.8 Å². The van der Waals surface area contributed by atoms with Gasteiger partial charge in [-0.2, -0.15) is 0 Å². The number of hydrogen-bond acceptors (Lipinski definition) is 14. The Morgan fingerprint density at radius 3 is 1.49 bits per heavy atom. The smallest absolute Gasteiger partial charge is 0.414 e. The molecule has 0 aliphatic carbocycles. The number of halogens is 3. The zero-order valence-corrected chi connectivity index (χ0v) is 42.7. The Bertz CT molecular complexity index is 2790. The molecule has 4 heterocycles. The summed E-state index contributed by atoms with van der Waals surface area (Å²) in [6.07, 6.45) is 0.756. The average Bonchev–Trinajstić information content (AvgIpc) is 3.22. The number of ether oxygens (including phenoxy) is 2. The number of ketones is 2. The number of benzene rings is 2. The lowest BCUT2D eigenvalue weighted by Crippen LogP contribution is -2.54. The number of aliphatic imine (C=N–C) groups is 2. The van der Waals surface area contributed by atoms with Gasteiger partial charge in [0, 0.05) is 54.9 Å². The minimum Gasteiger partial charge on any atom is -0.444 e. The van der Waals surface area contributed by atoms with Crippen molar-refractivity contribution in [2.45, 2.75) is 90.5 Å². The summed E-state index contributed by atoms with van der Waals surface area (Å²) >= 11 is 3.26. The Hall–Kier alpha value is -6.20. The van der Waals surface area contributed by atoms with E-state index in [-0.39, 0.29) is 64.9 Å². The minimum atomic E-state index is -3.98. The second-order valence-electron chi connectivity index (χ2n) is 18.5. The minimum absolute atomic E-state index is 0.0215. The summed E-state index contributed by atoms with van der Waals surface area (Å²) in [5, 5.41) is 4.68. The number of carbonyl (C=O) groups is 4. The third-order valence-electron chi connectivity index (χ3n) is 10.2. The summed E-state index contributed by atoms with van der Waals surface area (Å²) in [6.45, 7) is 12.8. The van der Waals surface area contributed by atoms with Crippen molar-refractivity contribution in [3.8, 4) is 0 Å². The lowest BCUT2D eigenvalue weighted by molar-refractivity contribution is 0.0546.